The Morgan fingerprint density at radius 3 is 2.75 bits per heavy atom. The van der Waals surface area contributed by atoms with Crippen LogP contribution in [0.3, 0.4) is 0 Å². The molecule has 0 aliphatic rings. The third-order valence-electron chi connectivity index (χ3n) is 2.41. The highest BCUT2D eigenvalue weighted by Crippen LogP contribution is 2.13. The maximum atomic E-state index is 11.0. The minimum atomic E-state index is -2.90. The van der Waals surface area contributed by atoms with Crippen LogP contribution in [-0.4, -0.2) is 25.4 Å². The Morgan fingerprint density at radius 2 is 2.00 bits per heavy atom. The highest BCUT2D eigenvalue weighted by Gasteiger charge is 2.04. The van der Waals surface area contributed by atoms with E-state index in [4.69, 9.17) is 0 Å². The van der Waals surface area contributed by atoms with Gasteiger partial charge in [0.15, 0.2) is 0 Å². The van der Waals surface area contributed by atoms with Crippen LogP contribution in [0, 0.1) is 0 Å². The molecule has 84 valence electrons. The summed E-state index contributed by atoms with van der Waals surface area (Å²) < 4.78 is 22.1. The van der Waals surface area contributed by atoms with Crippen LogP contribution >= 0.6 is 0 Å². The number of benzene rings is 1. The van der Waals surface area contributed by atoms with E-state index in [1.165, 1.54) is 6.26 Å². The smallest absolute Gasteiger partial charge is 0.147 e. The van der Waals surface area contributed by atoms with Crippen molar-refractivity contribution in [3.8, 4) is 0 Å². The Hall–Kier alpha value is -1.42. The van der Waals surface area contributed by atoms with E-state index in [1.54, 1.807) is 6.20 Å². The third kappa shape index (κ3) is 2.79. The van der Waals surface area contributed by atoms with Gasteiger partial charge in [-0.15, -0.1) is 0 Å². The van der Waals surface area contributed by atoms with Gasteiger partial charge in [-0.1, -0.05) is 18.2 Å². The number of fused-ring (bicyclic) bond motifs is 1. The zero-order valence-electron chi connectivity index (χ0n) is 9.05. The molecule has 0 amide bonds. The second-order valence-corrected chi connectivity index (χ2v) is 6.18. The lowest BCUT2D eigenvalue weighted by molar-refractivity contribution is 0.601. The molecule has 2 rings (SSSR count). The molecule has 0 saturated carbocycles. The number of aromatic nitrogens is 1. The predicted octanol–water partition coefficient (Wildman–Crippen LogP) is 1.82. The lowest BCUT2D eigenvalue weighted by Crippen LogP contribution is -2.05. The van der Waals surface area contributed by atoms with Gasteiger partial charge in [0.2, 0.25) is 0 Å². The van der Waals surface area contributed by atoms with Gasteiger partial charge in [-0.2, -0.15) is 0 Å². The first-order chi connectivity index (χ1) is 7.54. The van der Waals surface area contributed by atoms with Crippen molar-refractivity contribution in [3.63, 3.8) is 0 Å². The molecule has 0 bridgehead atoms. The molecule has 16 heavy (non-hydrogen) atoms. The fraction of sp³-hybridized carbons (Fsp3) is 0.250. The van der Waals surface area contributed by atoms with Gasteiger partial charge in [0.25, 0.3) is 0 Å². The van der Waals surface area contributed by atoms with Gasteiger partial charge in [0.05, 0.1) is 11.3 Å². The molecule has 1 heterocycles. The van der Waals surface area contributed by atoms with Crippen LogP contribution in [0.1, 0.15) is 5.56 Å². The monoisotopic (exact) mass is 235 g/mol. The van der Waals surface area contributed by atoms with E-state index in [0.29, 0.717) is 6.42 Å². The van der Waals surface area contributed by atoms with Gasteiger partial charge in [0, 0.05) is 17.8 Å². The van der Waals surface area contributed by atoms with Crippen molar-refractivity contribution >= 4 is 20.7 Å². The van der Waals surface area contributed by atoms with E-state index in [1.807, 2.05) is 30.3 Å². The zero-order chi connectivity index (χ0) is 11.6. The van der Waals surface area contributed by atoms with Crippen molar-refractivity contribution in [3.05, 3.63) is 42.1 Å². The molecule has 0 fully saturated rings. The summed E-state index contributed by atoms with van der Waals surface area (Å²) in [6.45, 7) is 0. The summed E-state index contributed by atoms with van der Waals surface area (Å²) in [4.78, 5) is 4.29. The second-order valence-electron chi connectivity index (χ2n) is 3.92. The summed E-state index contributed by atoms with van der Waals surface area (Å²) in [6.07, 6.45) is 3.52. The van der Waals surface area contributed by atoms with Crippen LogP contribution in [0.5, 0.6) is 0 Å². The normalized spacial score (nSPS) is 11.8. The first kappa shape index (κ1) is 11.1. The molecule has 0 atom stereocenters. The standard InChI is InChI=1S/C12H13NO2S/c1-16(14,15)7-6-10-8-11-4-2-3-5-12(11)13-9-10/h2-5,8-9H,6-7H2,1H3. The molecule has 0 aliphatic carbocycles. The first-order valence-corrected chi connectivity index (χ1v) is 7.12. The highest BCUT2D eigenvalue weighted by molar-refractivity contribution is 7.90. The van der Waals surface area contributed by atoms with Crippen LogP contribution < -0.4 is 0 Å². The Morgan fingerprint density at radius 1 is 1.25 bits per heavy atom. The number of para-hydroxylation sites is 1. The largest absolute Gasteiger partial charge is 0.256 e. The van der Waals surface area contributed by atoms with Crippen molar-refractivity contribution in [2.45, 2.75) is 6.42 Å². The SMILES string of the molecule is CS(=O)(=O)CCc1cnc2ccccc2c1. The van der Waals surface area contributed by atoms with Crippen molar-refractivity contribution in [1.29, 1.82) is 0 Å². The Bertz CT molecular complexity index is 605. The van der Waals surface area contributed by atoms with E-state index in [0.717, 1.165) is 16.5 Å². The fourth-order valence-electron chi connectivity index (χ4n) is 1.56. The summed E-state index contributed by atoms with van der Waals surface area (Å²) in [5, 5.41) is 1.05. The van der Waals surface area contributed by atoms with Crippen molar-refractivity contribution in [2.24, 2.45) is 0 Å². The van der Waals surface area contributed by atoms with Gasteiger partial charge >= 0.3 is 0 Å². The Kier molecular flexibility index (Phi) is 2.92. The topological polar surface area (TPSA) is 47.0 Å². The molecule has 0 spiro atoms. The first-order valence-electron chi connectivity index (χ1n) is 5.06. The Labute approximate surface area is 95.1 Å². The van der Waals surface area contributed by atoms with Gasteiger partial charge in [0.1, 0.15) is 9.84 Å². The van der Waals surface area contributed by atoms with Crippen LogP contribution in [-0.2, 0) is 16.3 Å². The summed E-state index contributed by atoms with van der Waals surface area (Å²) in [5.41, 5.74) is 1.90. The molecular weight excluding hydrogens is 222 g/mol. The average molecular weight is 235 g/mol. The number of hydrogen-bond acceptors (Lipinski definition) is 3. The number of hydrogen-bond donors (Lipinski definition) is 0. The molecule has 1 aromatic heterocycles. The number of sulfone groups is 1. The van der Waals surface area contributed by atoms with E-state index < -0.39 is 9.84 Å². The minimum Gasteiger partial charge on any atom is -0.256 e. The summed E-state index contributed by atoms with van der Waals surface area (Å²) in [7, 11) is -2.90. The zero-order valence-corrected chi connectivity index (χ0v) is 9.87. The molecule has 3 nitrogen and oxygen atoms in total. The summed E-state index contributed by atoms with van der Waals surface area (Å²) >= 11 is 0. The van der Waals surface area contributed by atoms with Crippen LogP contribution in [0.15, 0.2) is 36.5 Å². The molecule has 0 radical (unpaired) electrons. The summed E-state index contributed by atoms with van der Waals surface area (Å²) in [6, 6.07) is 9.80. The highest BCUT2D eigenvalue weighted by atomic mass is 32.2. The maximum absolute atomic E-state index is 11.0. The molecule has 0 aliphatic heterocycles. The third-order valence-corrected chi connectivity index (χ3v) is 3.35. The van der Waals surface area contributed by atoms with Crippen LogP contribution in [0.2, 0.25) is 0 Å². The number of aryl methyl sites for hydroxylation is 1. The minimum absolute atomic E-state index is 0.174. The lowest BCUT2D eigenvalue weighted by Gasteiger charge is -2.02. The number of pyridine rings is 1. The van der Waals surface area contributed by atoms with E-state index >= 15 is 0 Å². The number of nitrogens with zero attached hydrogens (tertiary/aromatic N) is 1. The molecule has 0 N–H and O–H groups in total. The van der Waals surface area contributed by atoms with Crippen molar-refractivity contribution in [2.75, 3.05) is 12.0 Å². The fourth-order valence-corrected chi connectivity index (χ4v) is 2.16. The van der Waals surface area contributed by atoms with E-state index in [2.05, 4.69) is 4.98 Å². The molecule has 4 heteroatoms. The van der Waals surface area contributed by atoms with Crippen LogP contribution in [0.4, 0.5) is 0 Å². The molecule has 2 aromatic rings. The molecule has 1 aromatic carbocycles. The predicted molar refractivity (Wildman–Crippen MR) is 65.2 cm³/mol. The lowest BCUT2D eigenvalue weighted by atomic mass is 10.1. The van der Waals surface area contributed by atoms with Gasteiger partial charge in [-0.3, -0.25) is 4.98 Å². The quantitative estimate of drug-likeness (QED) is 0.815. The maximum Gasteiger partial charge on any atom is 0.147 e. The van der Waals surface area contributed by atoms with Crippen LogP contribution in [0.25, 0.3) is 10.9 Å². The average Bonchev–Trinajstić information content (AvgIpc) is 2.25. The van der Waals surface area contributed by atoms with Gasteiger partial charge in [-0.05, 0) is 24.1 Å². The van der Waals surface area contributed by atoms with Crippen molar-refractivity contribution in [1.82, 2.24) is 4.98 Å². The summed E-state index contributed by atoms with van der Waals surface area (Å²) in [5.74, 6) is 0.174. The van der Waals surface area contributed by atoms with Crippen molar-refractivity contribution < 1.29 is 8.42 Å². The molecular formula is C12H13NO2S. The van der Waals surface area contributed by atoms with E-state index in [9.17, 15) is 8.42 Å². The van der Waals surface area contributed by atoms with E-state index in [-0.39, 0.29) is 5.75 Å². The van der Waals surface area contributed by atoms with Gasteiger partial charge in [-0.25, -0.2) is 8.42 Å². The second kappa shape index (κ2) is 4.22. The Balaban J connectivity index is 2.26. The molecule has 0 unspecified atom stereocenters. The number of rotatable bonds is 3. The van der Waals surface area contributed by atoms with Gasteiger partial charge < -0.3 is 0 Å². The molecule has 0 saturated heterocycles.